The van der Waals surface area contributed by atoms with E-state index in [1.165, 1.54) is 90.2 Å². The number of nitrogens with zero attached hydrogens (tertiary/aromatic N) is 1. The molecule has 50 heavy (non-hydrogen) atoms. The molecule has 0 spiro atoms. The third-order valence-electron chi connectivity index (χ3n) is 11.8. The smallest absolute Gasteiger partial charge is 0.143 e. The van der Waals surface area contributed by atoms with Crippen molar-refractivity contribution in [3.63, 3.8) is 0 Å². The van der Waals surface area contributed by atoms with Gasteiger partial charge in [0.05, 0.1) is 15.2 Å². The van der Waals surface area contributed by atoms with E-state index in [4.69, 9.17) is 4.42 Å². The molecule has 2 nitrogen and oxygen atoms in total. The maximum atomic E-state index is 6.55. The molecule has 0 radical (unpaired) electrons. The number of thioether (sulfide) groups is 1. The second-order valence-corrected chi connectivity index (χ2v) is 17.6. The maximum absolute atomic E-state index is 6.55. The van der Waals surface area contributed by atoms with Gasteiger partial charge in [0.15, 0.2) is 0 Å². The predicted octanol–water partition coefficient (Wildman–Crippen LogP) is 10.6. The minimum Gasteiger partial charge on any atom is -0.455 e. The minimum absolute atomic E-state index is 0.459. The van der Waals surface area contributed by atoms with Gasteiger partial charge in [-0.05, 0) is 114 Å². The number of anilines is 2. The Morgan fingerprint density at radius 3 is 2.64 bits per heavy atom. The summed E-state index contributed by atoms with van der Waals surface area (Å²) in [4.78, 5) is 5.64. The van der Waals surface area contributed by atoms with Gasteiger partial charge in [-0.2, -0.15) is 0 Å². The molecule has 0 fully saturated rings. The molecule has 0 N–H and O–H groups in total. The summed E-state index contributed by atoms with van der Waals surface area (Å²) in [7, 11) is -0.669. The Balaban J connectivity index is 1.02. The third-order valence-corrected chi connectivity index (χ3v) is 15.1. The zero-order chi connectivity index (χ0) is 32.8. The van der Waals surface area contributed by atoms with Gasteiger partial charge in [0.1, 0.15) is 11.2 Å². The SMILES string of the molecule is C1=CC2=C(CC1)SC1=C(N(c3ccc(C4=CC=C5C=CCCC5C4)cc3)c3ccc4c(c3)[SiH2]c3ccc5c(oc6ccccc65)c3-4)C=CCC21. The van der Waals surface area contributed by atoms with Gasteiger partial charge in [0, 0.05) is 38.5 Å². The summed E-state index contributed by atoms with van der Waals surface area (Å²) < 4.78 is 6.55. The Bertz CT molecular complexity index is 2500. The summed E-state index contributed by atoms with van der Waals surface area (Å²) in [5, 5.41) is 5.42. The van der Waals surface area contributed by atoms with Crippen LogP contribution >= 0.6 is 11.8 Å². The average molecular weight is 680 g/mol. The Morgan fingerprint density at radius 2 is 1.68 bits per heavy atom. The molecule has 4 aliphatic carbocycles. The first-order valence-electron chi connectivity index (χ1n) is 18.3. The van der Waals surface area contributed by atoms with Crippen LogP contribution in [0, 0.1) is 11.8 Å². The molecule has 242 valence electrons. The lowest BCUT2D eigenvalue weighted by Crippen LogP contribution is -2.24. The monoisotopic (exact) mass is 679 g/mol. The molecule has 3 heterocycles. The van der Waals surface area contributed by atoms with Crippen molar-refractivity contribution < 1.29 is 4.42 Å². The fourth-order valence-corrected chi connectivity index (χ4v) is 12.7. The number of allylic oxidation sites excluding steroid dienone is 13. The summed E-state index contributed by atoms with van der Waals surface area (Å²) in [6.45, 7) is 0. The highest BCUT2D eigenvalue weighted by atomic mass is 32.2. The van der Waals surface area contributed by atoms with Crippen LogP contribution in [0.5, 0.6) is 0 Å². The second kappa shape index (κ2) is 11.4. The number of furan rings is 1. The van der Waals surface area contributed by atoms with Gasteiger partial charge >= 0.3 is 0 Å². The molecule has 0 saturated carbocycles. The average Bonchev–Trinajstić information content (AvgIpc) is 3.86. The van der Waals surface area contributed by atoms with Crippen LogP contribution in [0.25, 0.3) is 38.6 Å². The molecule has 4 aromatic carbocycles. The van der Waals surface area contributed by atoms with Gasteiger partial charge in [0.25, 0.3) is 0 Å². The third kappa shape index (κ3) is 4.48. The molecular weight excluding hydrogens is 643 g/mol. The van der Waals surface area contributed by atoms with Crippen LogP contribution in [0.4, 0.5) is 11.4 Å². The van der Waals surface area contributed by atoms with Crippen LogP contribution in [0.3, 0.4) is 0 Å². The van der Waals surface area contributed by atoms with Crippen molar-refractivity contribution in [2.45, 2.75) is 38.5 Å². The van der Waals surface area contributed by atoms with Crippen LogP contribution in [0.2, 0.25) is 0 Å². The number of benzene rings is 4. The molecule has 4 heteroatoms. The van der Waals surface area contributed by atoms with Crippen molar-refractivity contribution in [3.8, 4) is 11.1 Å². The fraction of sp³-hybridized carbons (Fsp3) is 0.174. The van der Waals surface area contributed by atoms with E-state index >= 15 is 0 Å². The van der Waals surface area contributed by atoms with Crippen LogP contribution in [-0.4, -0.2) is 9.52 Å². The van der Waals surface area contributed by atoms with Crippen LogP contribution in [-0.2, 0) is 0 Å². The summed E-state index contributed by atoms with van der Waals surface area (Å²) in [5.74, 6) is 1.11. The molecule has 2 atom stereocenters. The van der Waals surface area contributed by atoms with Gasteiger partial charge < -0.3 is 9.32 Å². The van der Waals surface area contributed by atoms with Gasteiger partial charge in [-0.25, -0.2) is 0 Å². The Morgan fingerprint density at radius 1 is 0.780 bits per heavy atom. The highest BCUT2D eigenvalue weighted by molar-refractivity contribution is 8.07. The van der Waals surface area contributed by atoms with E-state index in [-0.39, 0.29) is 0 Å². The molecule has 11 rings (SSSR count). The quantitative estimate of drug-likeness (QED) is 0.173. The summed E-state index contributed by atoms with van der Waals surface area (Å²) in [6, 6.07) is 29.8. The molecule has 5 aromatic rings. The van der Waals surface area contributed by atoms with Crippen LogP contribution in [0.1, 0.15) is 44.1 Å². The second-order valence-electron chi connectivity index (χ2n) is 14.6. The molecular formula is C46H37NOSSi. The molecule has 2 unspecified atom stereocenters. The maximum Gasteiger partial charge on any atom is 0.143 e. The normalized spacial score (nSPS) is 22.1. The van der Waals surface area contributed by atoms with Gasteiger partial charge in [-0.1, -0.05) is 113 Å². The van der Waals surface area contributed by atoms with E-state index in [9.17, 15) is 0 Å². The van der Waals surface area contributed by atoms with Crippen molar-refractivity contribution in [1.82, 2.24) is 0 Å². The van der Waals surface area contributed by atoms with E-state index < -0.39 is 9.52 Å². The van der Waals surface area contributed by atoms with Gasteiger partial charge in [-0.15, -0.1) is 0 Å². The minimum atomic E-state index is -0.669. The van der Waals surface area contributed by atoms with E-state index in [0.29, 0.717) is 11.8 Å². The largest absolute Gasteiger partial charge is 0.455 e. The lowest BCUT2D eigenvalue weighted by Gasteiger charge is -2.32. The molecule has 2 aliphatic heterocycles. The summed E-state index contributed by atoms with van der Waals surface area (Å²) >= 11 is 2.05. The molecule has 6 aliphatic rings. The van der Waals surface area contributed by atoms with Crippen molar-refractivity contribution >= 4 is 70.5 Å². The summed E-state index contributed by atoms with van der Waals surface area (Å²) in [5.41, 5.74) is 14.4. The fourth-order valence-electron chi connectivity index (χ4n) is 9.29. The Kier molecular flexibility index (Phi) is 6.60. The Hall–Kier alpha value is -4.77. The van der Waals surface area contributed by atoms with E-state index in [1.54, 1.807) is 10.5 Å². The van der Waals surface area contributed by atoms with Crippen molar-refractivity contribution in [2.24, 2.45) is 11.8 Å². The van der Waals surface area contributed by atoms with Crippen LogP contribution in [0.15, 0.2) is 159 Å². The number of fused-ring (bicyclic) bond motifs is 10. The molecule has 0 saturated heterocycles. The van der Waals surface area contributed by atoms with E-state index in [0.717, 1.165) is 30.4 Å². The van der Waals surface area contributed by atoms with Crippen molar-refractivity contribution in [3.05, 3.63) is 160 Å². The molecule has 0 amide bonds. The number of hydrogen-bond donors (Lipinski definition) is 0. The number of para-hydroxylation sites is 1. The van der Waals surface area contributed by atoms with Crippen LogP contribution < -0.4 is 15.3 Å². The highest BCUT2D eigenvalue weighted by Gasteiger charge is 2.36. The molecule has 0 bridgehead atoms. The van der Waals surface area contributed by atoms with Gasteiger partial charge in [-0.3, -0.25) is 0 Å². The topological polar surface area (TPSA) is 16.4 Å². The standard InChI is InChI=1S/C46H37NOSSi/c1-2-9-30-26-31(17-16-28(30)8-1)29-18-20-32(21-19-29)47(39-13-7-12-37-35-11-4-6-15-41(35)49-46(37)39)33-22-23-38-43(27-33)50-42-25-24-36-34-10-3-5-14-40(34)48-45(36)44(38)42/h1,3-5,7-8,10-11,13-14,16-25,27,30,37H,2,6,9,12,15,26,50H2. The highest BCUT2D eigenvalue weighted by Crippen LogP contribution is 2.55. The van der Waals surface area contributed by atoms with E-state index in [2.05, 4.69) is 132 Å². The Labute approximate surface area is 299 Å². The lowest BCUT2D eigenvalue weighted by atomic mass is 9.79. The number of rotatable bonds is 4. The summed E-state index contributed by atoms with van der Waals surface area (Å²) in [6.07, 6.45) is 26.0. The first kappa shape index (κ1) is 29.0. The van der Waals surface area contributed by atoms with Crippen molar-refractivity contribution in [2.75, 3.05) is 4.90 Å². The first-order valence-corrected chi connectivity index (χ1v) is 20.5. The lowest BCUT2D eigenvalue weighted by molar-refractivity contribution is 0.573. The molecule has 1 aromatic heterocycles. The van der Waals surface area contributed by atoms with Gasteiger partial charge in [0.2, 0.25) is 0 Å². The first-order chi connectivity index (χ1) is 24.8. The van der Waals surface area contributed by atoms with E-state index in [1.807, 2.05) is 11.8 Å². The zero-order valence-electron chi connectivity index (χ0n) is 28.0. The predicted molar refractivity (Wildman–Crippen MR) is 215 cm³/mol. The zero-order valence-corrected chi connectivity index (χ0v) is 30.2. The number of hydrogen-bond acceptors (Lipinski definition) is 3. The van der Waals surface area contributed by atoms with Crippen molar-refractivity contribution in [1.29, 1.82) is 0 Å².